The lowest BCUT2D eigenvalue weighted by molar-refractivity contribution is 0.450. The number of nitrogens with zero attached hydrogens (tertiary/aromatic N) is 3. The third-order valence-electron chi connectivity index (χ3n) is 4.53. The quantitative estimate of drug-likeness (QED) is 0.341. The highest BCUT2D eigenvalue weighted by Crippen LogP contribution is 2.30. The molecule has 0 fully saturated rings. The SMILES string of the molecule is Oc1ccc(/C=N/n2c(C(c3ccccc3)c3ccccc3)n[nH]c2=S)c(O)c1. The molecule has 1 heterocycles. The summed E-state index contributed by atoms with van der Waals surface area (Å²) >= 11 is 5.39. The van der Waals surface area contributed by atoms with Crippen molar-refractivity contribution in [3.8, 4) is 11.5 Å². The zero-order chi connectivity index (χ0) is 20.2. The Labute approximate surface area is 172 Å². The Kier molecular flexibility index (Phi) is 5.22. The zero-order valence-electron chi connectivity index (χ0n) is 15.3. The van der Waals surface area contributed by atoms with Gasteiger partial charge in [0.15, 0.2) is 5.82 Å². The summed E-state index contributed by atoms with van der Waals surface area (Å²) in [6.45, 7) is 0. The van der Waals surface area contributed by atoms with E-state index in [1.54, 1.807) is 10.7 Å². The highest BCUT2D eigenvalue weighted by atomic mass is 32.1. The highest BCUT2D eigenvalue weighted by molar-refractivity contribution is 7.71. The van der Waals surface area contributed by atoms with Crippen LogP contribution < -0.4 is 0 Å². The van der Waals surface area contributed by atoms with Gasteiger partial charge in [-0.05, 0) is 35.5 Å². The summed E-state index contributed by atoms with van der Waals surface area (Å²) in [5, 5.41) is 31.2. The van der Waals surface area contributed by atoms with Crippen molar-refractivity contribution >= 4 is 18.4 Å². The summed E-state index contributed by atoms with van der Waals surface area (Å²) in [6.07, 6.45) is 1.48. The molecule has 29 heavy (non-hydrogen) atoms. The van der Waals surface area contributed by atoms with E-state index in [4.69, 9.17) is 12.2 Å². The van der Waals surface area contributed by atoms with Crippen molar-refractivity contribution in [1.29, 1.82) is 0 Å². The third-order valence-corrected chi connectivity index (χ3v) is 4.79. The number of rotatable bonds is 5. The smallest absolute Gasteiger partial charge is 0.216 e. The van der Waals surface area contributed by atoms with Crippen LogP contribution in [0.15, 0.2) is 84.0 Å². The van der Waals surface area contributed by atoms with Gasteiger partial charge in [0.1, 0.15) is 11.5 Å². The van der Waals surface area contributed by atoms with Crippen molar-refractivity contribution in [1.82, 2.24) is 14.9 Å². The second kappa shape index (κ2) is 8.12. The molecule has 4 aromatic rings. The molecule has 0 aliphatic heterocycles. The monoisotopic (exact) mass is 402 g/mol. The van der Waals surface area contributed by atoms with E-state index < -0.39 is 0 Å². The van der Waals surface area contributed by atoms with Crippen LogP contribution in [0.5, 0.6) is 11.5 Å². The van der Waals surface area contributed by atoms with E-state index in [0.717, 1.165) is 11.1 Å². The fourth-order valence-corrected chi connectivity index (χ4v) is 3.33. The van der Waals surface area contributed by atoms with E-state index in [1.807, 2.05) is 60.7 Å². The molecule has 0 unspecified atom stereocenters. The van der Waals surface area contributed by atoms with Crippen LogP contribution in [0.1, 0.15) is 28.4 Å². The van der Waals surface area contributed by atoms with Gasteiger partial charge in [-0.2, -0.15) is 14.9 Å². The van der Waals surface area contributed by atoms with Gasteiger partial charge in [0, 0.05) is 11.6 Å². The maximum atomic E-state index is 10.0. The first-order valence-corrected chi connectivity index (χ1v) is 9.38. The number of aromatic amines is 1. The summed E-state index contributed by atoms with van der Waals surface area (Å²) in [5.41, 5.74) is 2.56. The maximum Gasteiger partial charge on any atom is 0.216 e. The molecule has 6 nitrogen and oxygen atoms in total. The molecule has 3 aromatic carbocycles. The highest BCUT2D eigenvalue weighted by Gasteiger charge is 2.22. The average Bonchev–Trinajstić information content (AvgIpc) is 3.09. The molecular weight excluding hydrogens is 384 g/mol. The maximum absolute atomic E-state index is 10.0. The van der Waals surface area contributed by atoms with Gasteiger partial charge in [-0.25, -0.2) is 0 Å². The molecular formula is C22H18N4O2S. The summed E-state index contributed by atoms with van der Waals surface area (Å²) in [7, 11) is 0. The van der Waals surface area contributed by atoms with Crippen LogP contribution in [-0.4, -0.2) is 31.3 Å². The largest absolute Gasteiger partial charge is 0.508 e. The molecule has 0 atom stereocenters. The lowest BCUT2D eigenvalue weighted by Gasteiger charge is -2.17. The van der Waals surface area contributed by atoms with Crippen molar-refractivity contribution in [2.45, 2.75) is 5.92 Å². The minimum atomic E-state index is -0.184. The van der Waals surface area contributed by atoms with Crippen molar-refractivity contribution < 1.29 is 10.2 Å². The van der Waals surface area contributed by atoms with Crippen LogP contribution in [0.2, 0.25) is 0 Å². The van der Waals surface area contributed by atoms with Crippen LogP contribution in [0.25, 0.3) is 0 Å². The molecule has 0 radical (unpaired) electrons. The van der Waals surface area contributed by atoms with Gasteiger partial charge in [-0.15, -0.1) is 0 Å². The van der Waals surface area contributed by atoms with Crippen molar-refractivity contribution in [2.75, 3.05) is 0 Å². The number of hydrogen-bond acceptors (Lipinski definition) is 5. The number of phenolic OH excluding ortho intramolecular Hbond substituents is 2. The van der Waals surface area contributed by atoms with E-state index in [-0.39, 0.29) is 17.4 Å². The predicted octanol–water partition coefficient (Wildman–Crippen LogP) is 4.41. The van der Waals surface area contributed by atoms with Crippen molar-refractivity contribution in [3.63, 3.8) is 0 Å². The second-order valence-corrected chi connectivity index (χ2v) is 6.83. The number of aromatic nitrogens is 3. The Morgan fingerprint density at radius 1 is 0.931 bits per heavy atom. The lowest BCUT2D eigenvalue weighted by Crippen LogP contribution is -2.10. The molecule has 4 rings (SSSR count). The molecule has 144 valence electrons. The van der Waals surface area contributed by atoms with E-state index in [9.17, 15) is 10.2 Å². The minimum Gasteiger partial charge on any atom is -0.508 e. The Morgan fingerprint density at radius 3 is 2.14 bits per heavy atom. The second-order valence-electron chi connectivity index (χ2n) is 6.44. The molecule has 0 bridgehead atoms. The molecule has 0 aliphatic rings. The van der Waals surface area contributed by atoms with Gasteiger partial charge in [0.05, 0.1) is 12.1 Å². The van der Waals surface area contributed by atoms with Crippen LogP contribution in [-0.2, 0) is 0 Å². The summed E-state index contributed by atoms with van der Waals surface area (Å²) in [6, 6.07) is 24.3. The van der Waals surface area contributed by atoms with Gasteiger partial charge in [-0.1, -0.05) is 60.7 Å². The topological polar surface area (TPSA) is 86.4 Å². The van der Waals surface area contributed by atoms with E-state index in [1.165, 1.54) is 18.3 Å². The van der Waals surface area contributed by atoms with E-state index in [2.05, 4.69) is 15.3 Å². The van der Waals surface area contributed by atoms with Crippen molar-refractivity contribution in [2.24, 2.45) is 5.10 Å². The number of aromatic hydroxyl groups is 2. The Morgan fingerprint density at radius 2 is 1.55 bits per heavy atom. The van der Waals surface area contributed by atoms with E-state index in [0.29, 0.717) is 16.2 Å². The van der Waals surface area contributed by atoms with E-state index >= 15 is 0 Å². The number of phenols is 2. The third kappa shape index (κ3) is 3.95. The zero-order valence-corrected chi connectivity index (χ0v) is 16.1. The molecule has 3 N–H and O–H groups in total. The van der Waals surface area contributed by atoms with Gasteiger partial charge >= 0.3 is 0 Å². The van der Waals surface area contributed by atoms with Gasteiger partial charge in [0.25, 0.3) is 0 Å². The first-order valence-electron chi connectivity index (χ1n) is 8.97. The van der Waals surface area contributed by atoms with Gasteiger partial charge in [0.2, 0.25) is 4.77 Å². The predicted molar refractivity (Wildman–Crippen MR) is 114 cm³/mol. The fourth-order valence-electron chi connectivity index (χ4n) is 3.15. The first kappa shape index (κ1) is 18.6. The molecule has 0 spiro atoms. The summed E-state index contributed by atoms with van der Waals surface area (Å²) in [4.78, 5) is 0. The minimum absolute atomic E-state index is 0.0199. The summed E-state index contributed by atoms with van der Waals surface area (Å²) in [5.74, 6) is 0.347. The molecule has 0 aliphatic carbocycles. The molecule has 0 saturated heterocycles. The molecule has 0 amide bonds. The first-order chi connectivity index (χ1) is 14.1. The van der Waals surface area contributed by atoms with Gasteiger partial charge in [-0.3, -0.25) is 5.10 Å². The average molecular weight is 402 g/mol. The number of nitrogens with one attached hydrogen (secondary N) is 1. The number of benzene rings is 3. The van der Waals surface area contributed by atoms with Crippen LogP contribution in [0.4, 0.5) is 0 Å². The Balaban J connectivity index is 1.82. The summed E-state index contributed by atoms with van der Waals surface area (Å²) < 4.78 is 1.89. The van der Waals surface area contributed by atoms with Crippen molar-refractivity contribution in [3.05, 3.63) is 106 Å². The fraction of sp³-hybridized carbons (Fsp3) is 0.0455. The van der Waals surface area contributed by atoms with Crippen LogP contribution >= 0.6 is 12.2 Å². The molecule has 7 heteroatoms. The molecule has 1 aromatic heterocycles. The standard InChI is InChI=1S/C22H18N4O2S/c27-18-12-11-17(19(28)13-18)14-23-26-21(24-25-22(26)29)20(15-7-3-1-4-8-15)16-9-5-2-6-10-16/h1-14,20,27-28H,(H,25,29)/b23-14+. The van der Waals surface area contributed by atoms with Crippen LogP contribution in [0, 0.1) is 4.77 Å². The lowest BCUT2D eigenvalue weighted by atomic mass is 9.91. The van der Waals surface area contributed by atoms with Gasteiger partial charge < -0.3 is 10.2 Å². The Hall–Kier alpha value is -3.71. The normalized spacial score (nSPS) is 11.3. The number of hydrogen-bond donors (Lipinski definition) is 3. The Bertz CT molecular complexity index is 1160. The molecule has 0 saturated carbocycles. The number of H-pyrrole nitrogens is 1. The van der Waals surface area contributed by atoms with Crippen LogP contribution in [0.3, 0.4) is 0 Å².